The first-order valence-corrected chi connectivity index (χ1v) is 6.35. The average molecular weight is 278 g/mol. The minimum absolute atomic E-state index is 0.0929. The lowest BCUT2D eigenvalue weighted by molar-refractivity contribution is -0.109. The summed E-state index contributed by atoms with van der Waals surface area (Å²) in [6.45, 7) is 0. The first kappa shape index (κ1) is 14.4. The van der Waals surface area contributed by atoms with E-state index >= 15 is 0 Å². The quantitative estimate of drug-likeness (QED) is 0.533. The molecule has 0 aliphatic carbocycles. The molecule has 2 aromatic rings. The maximum Gasteiger partial charge on any atom is 0.232 e. The SMILES string of the molecule is COc1ccc(C#CC(=O)/C=C(\O)c2ccccc2)cc1. The molecule has 0 radical (unpaired) electrons. The Morgan fingerprint density at radius 1 is 1.10 bits per heavy atom. The van der Waals surface area contributed by atoms with Crippen LogP contribution in [0.4, 0.5) is 0 Å². The molecule has 0 heterocycles. The van der Waals surface area contributed by atoms with Gasteiger partial charge in [0.15, 0.2) is 0 Å². The highest BCUT2D eigenvalue weighted by atomic mass is 16.5. The summed E-state index contributed by atoms with van der Waals surface area (Å²) in [5.74, 6) is 5.40. The predicted molar refractivity (Wildman–Crippen MR) is 81.9 cm³/mol. The number of ether oxygens (including phenoxy) is 1. The maximum atomic E-state index is 11.7. The van der Waals surface area contributed by atoms with E-state index in [4.69, 9.17) is 4.74 Å². The molecule has 0 saturated carbocycles. The second-order valence-corrected chi connectivity index (χ2v) is 4.24. The van der Waals surface area contributed by atoms with Crippen molar-refractivity contribution in [2.75, 3.05) is 7.11 Å². The third-order valence-electron chi connectivity index (χ3n) is 2.76. The molecule has 2 rings (SSSR count). The molecule has 0 fully saturated rings. The predicted octanol–water partition coefficient (Wildman–Crippen LogP) is 3.21. The zero-order chi connectivity index (χ0) is 15.1. The standard InChI is InChI=1S/C18H14O3/c1-21-17-11-8-14(9-12-17)7-10-16(19)13-18(20)15-5-3-2-4-6-15/h2-6,8-9,11-13,20H,1H3/b18-13-. The second kappa shape index (κ2) is 6.97. The Bertz CT molecular complexity index is 702. The number of carbonyl (C=O) groups excluding carboxylic acids is 1. The van der Waals surface area contributed by atoms with Crippen LogP contribution in [0.15, 0.2) is 60.7 Å². The molecule has 3 nitrogen and oxygen atoms in total. The molecule has 21 heavy (non-hydrogen) atoms. The van der Waals surface area contributed by atoms with Crippen LogP contribution < -0.4 is 4.74 Å². The first-order chi connectivity index (χ1) is 10.2. The molecular formula is C18H14O3. The number of carbonyl (C=O) groups is 1. The van der Waals surface area contributed by atoms with E-state index in [-0.39, 0.29) is 5.76 Å². The summed E-state index contributed by atoms with van der Waals surface area (Å²) in [6.07, 6.45) is 1.12. The fraction of sp³-hybridized carbons (Fsp3) is 0.0556. The molecule has 0 aliphatic heterocycles. The molecule has 2 aromatic carbocycles. The van der Waals surface area contributed by atoms with Crippen molar-refractivity contribution in [2.24, 2.45) is 0 Å². The largest absolute Gasteiger partial charge is 0.507 e. The lowest BCUT2D eigenvalue weighted by Crippen LogP contribution is -1.91. The highest BCUT2D eigenvalue weighted by molar-refractivity contribution is 6.07. The lowest BCUT2D eigenvalue weighted by atomic mass is 10.1. The van der Waals surface area contributed by atoms with Crippen molar-refractivity contribution in [1.29, 1.82) is 0 Å². The van der Waals surface area contributed by atoms with E-state index < -0.39 is 5.78 Å². The Morgan fingerprint density at radius 2 is 1.76 bits per heavy atom. The lowest BCUT2D eigenvalue weighted by Gasteiger charge is -1.97. The molecule has 0 bridgehead atoms. The highest BCUT2D eigenvalue weighted by Gasteiger charge is 2.00. The minimum Gasteiger partial charge on any atom is -0.507 e. The van der Waals surface area contributed by atoms with E-state index in [1.54, 1.807) is 55.6 Å². The number of aliphatic hydroxyl groups is 1. The van der Waals surface area contributed by atoms with Gasteiger partial charge in [0, 0.05) is 17.2 Å². The number of allylic oxidation sites excluding steroid dienone is 1. The van der Waals surface area contributed by atoms with E-state index in [0.29, 0.717) is 11.1 Å². The monoisotopic (exact) mass is 278 g/mol. The van der Waals surface area contributed by atoms with Gasteiger partial charge >= 0.3 is 0 Å². The van der Waals surface area contributed by atoms with Gasteiger partial charge in [-0.1, -0.05) is 36.3 Å². The summed E-state index contributed by atoms with van der Waals surface area (Å²) in [6, 6.07) is 15.9. The van der Waals surface area contributed by atoms with Crippen LogP contribution in [0.2, 0.25) is 0 Å². The smallest absolute Gasteiger partial charge is 0.232 e. The molecule has 0 atom stereocenters. The number of rotatable bonds is 3. The number of hydrogen-bond acceptors (Lipinski definition) is 3. The summed E-state index contributed by atoms with van der Waals surface area (Å²) in [4.78, 5) is 11.7. The van der Waals surface area contributed by atoms with E-state index in [9.17, 15) is 9.90 Å². The summed E-state index contributed by atoms with van der Waals surface area (Å²) >= 11 is 0. The van der Waals surface area contributed by atoms with Crippen LogP contribution >= 0.6 is 0 Å². The van der Waals surface area contributed by atoms with Crippen molar-refractivity contribution >= 4 is 11.5 Å². The van der Waals surface area contributed by atoms with Gasteiger partial charge in [-0.25, -0.2) is 0 Å². The summed E-state index contributed by atoms with van der Waals surface area (Å²) in [5.41, 5.74) is 1.29. The van der Waals surface area contributed by atoms with Gasteiger partial charge in [0.2, 0.25) is 5.78 Å². The Balaban J connectivity index is 2.09. The molecule has 104 valence electrons. The third kappa shape index (κ3) is 4.26. The second-order valence-electron chi connectivity index (χ2n) is 4.24. The Morgan fingerprint density at radius 3 is 2.38 bits per heavy atom. The van der Waals surface area contributed by atoms with Crippen LogP contribution in [0, 0.1) is 11.8 Å². The summed E-state index contributed by atoms with van der Waals surface area (Å²) < 4.78 is 5.04. The molecule has 0 aromatic heterocycles. The number of methoxy groups -OCH3 is 1. The van der Waals surface area contributed by atoms with Gasteiger partial charge in [0.05, 0.1) is 7.11 Å². The molecule has 1 N–H and O–H groups in total. The van der Waals surface area contributed by atoms with Crippen molar-refractivity contribution in [3.8, 4) is 17.6 Å². The van der Waals surface area contributed by atoms with Gasteiger partial charge in [-0.2, -0.15) is 0 Å². The third-order valence-corrected chi connectivity index (χ3v) is 2.76. The molecule has 0 spiro atoms. The molecule has 0 saturated heterocycles. The van der Waals surface area contributed by atoms with Crippen molar-refractivity contribution in [1.82, 2.24) is 0 Å². The van der Waals surface area contributed by atoms with Crippen LogP contribution in [0.1, 0.15) is 11.1 Å². The van der Waals surface area contributed by atoms with Gasteiger partial charge < -0.3 is 9.84 Å². The normalized spacial score (nSPS) is 10.4. The van der Waals surface area contributed by atoms with Gasteiger partial charge in [-0.15, -0.1) is 0 Å². The minimum atomic E-state index is -0.452. The van der Waals surface area contributed by atoms with Crippen LogP contribution in [-0.4, -0.2) is 18.0 Å². The van der Waals surface area contributed by atoms with E-state index in [0.717, 1.165) is 11.8 Å². The Kier molecular flexibility index (Phi) is 4.79. The van der Waals surface area contributed by atoms with Crippen LogP contribution in [-0.2, 0) is 4.79 Å². The van der Waals surface area contributed by atoms with Gasteiger partial charge in [-0.3, -0.25) is 4.79 Å². The van der Waals surface area contributed by atoms with Crippen molar-refractivity contribution in [3.63, 3.8) is 0 Å². The maximum absolute atomic E-state index is 11.7. The Labute approximate surface area is 123 Å². The van der Waals surface area contributed by atoms with Crippen LogP contribution in [0.3, 0.4) is 0 Å². The summed E-state index contributed by atoms with van der Waals surface area (Å²) in [7, 11) is 1.58. The first-order valence-electron chi connectivity index (χ1n) is 6.35. The zero-order valence-electron chi connectivity index (χ0n) is 11.5. The fourth-order valence-corrected chi connectivity index (χ4v) is 1.66. The van der Waals surface area contributed by atoms with E-state index in [1.807, 2.05) is 6.07 Å². The molecule has 3 heteroatoms. The molecular weight excluding hydrogens is 264 g/mol. The number of aliphatic hydroxyl groups excluding tert-OH is 1. The van der Waals surface area contributed by atoms with Gasteiger partial charge in [0.25, 0.3) is 0 Å². The fourth-order valence-electron chi connectivity index (χ4n) is 1.66. The average Bonchev–Trinajstić information content (AvgIpc) is 2.54. The van der Waals surface area contributed by atoms with Gasteiger partial charge in [-0.05, 0) is 30.2 Å². The molecule has 0 unspecified atom stereocenters. The topological polar surface area (TPSA) is 46.5 Å². The number of benzene rings is 2. The van der Waals surface area contributed by atoms with Crippen LogP contribution in [0.5, 0.6) is 5.75 Å². The van der Waals surface area contributed by atoms with Crippen LogP contribution in [0.25, 0.3) is 5.76 Å². The van der Waals surface area contributed by atoms with E-state index in [1.165, 1.54) is 0 Å². The van der Waals surface area contributed by atoms with Gasteiger partial charge in [0.1, 0.15) is 11.5 Å². The van der Waals surface area contributed by atoms with Crippen molar-refractivity contribution in [2.45, 2.75) is 0 Å². The van der Waals surface area contributed by atoms with Crippen molar-refractivity contribution < 1.29 is 14.6 Å². The molecule has 0 aliphatic rings. The summed E-state index contributed by atoms with van der Waals surface area (Å²) in [5, 5.41) is 9.81. The van der Waals surface area contributed by atoms with Crippen molar-refractivity contribution in [3.05, 3.63) is 71.8 Å². The number of ketones is 1. The van der Waals surface area contributed by atoms with E-state index in [2.05, 4.69) is 11.8 Å². The Hall–Kier alpha value is -2.99. The zero-order valence-corrected chi connectivity index (χ0v) is 11.5. The number of hydrogen-bond donors (Lipinski definition) is 1. The molecule has 0 amide bonds. The highest BCUT2D eigenvalue weighted by Crippen LogP contribution is 2.11.